The summed E-state index contributed by atoms with van der Waals surface area (Å²) in [6.07, 6.45) is 1.66. The molecular formula is C18H13Cl2NO2. The molecule has 3 nitrogen and oxygen atoms in total. The molecule has 0 radical (unpaired) electrons. The minimum absolute atomic E-state index is 0.474. The molecular weight excluding hydrogens is 333 g/mol. The number of aliphatic imine (C=N–C) groups is 1. The average molecular weight is 346 g/mol. The molecule has 116 valence electrons. The van der Waals surface area contributed by atoms with Crippen molar-refractivity contribution in [1.82, 2.24) is 0 Å². The summed E-state index contributed by atoms with van der Waals surface area (Å²) in [4.78, 5) is 4.37. The van der Waals surface area contributed by atoms with Gasteiger partial charge >= 0.3 is 0 Å². The Morgan fingerprint density at radius 2 is 1.78 bits per heavy atom. The third-order valence-electron chi connectivity index (χ3n) is 3.26. The summed E-state index contributed by atoms with van der Waals surface area (Å²) in [7, 11) is 1.63. The molecule has 0 aliphatic rings. The monoisotopic (exact) mass is 345 g/mol. The first-order valence-electron chi connectivity index (χ1n) is 6.90. The molecule has 1 heterocycles. The van der Waals surface area contributed by atoms with Gasteiger partial charge in [-0.1, -0.05) is 29.3 Å². The van der Waals surface area contributed by atoms with E-state index in [1.165, 1.54) is 0 Å². The Labute approximate surface area is 144 Å². The van der Waals surface area contributed by atoms with Crippen molar-refractivity contribution in [3.63, 3.8) is 0 Å². The van der Waals surface area contributed by atoms with Gasteiger partial charge < -0.3 is 9.15 Å². The molecule has 2 aromatic carbocycles. The van der Waals surface area contributed by atoms with Crippen LogP contribution in [0.25, 0.3) is 11.3 Å². The average Bonchev–Trinajstić information content (AvgIpc) is 3.04. The smallest absolute Gasteiger partial charge is 0.145 e. The van der Waals surface area contributed by atoms with E-state index in [0.29, 0.717) is 21.6 Å². The summed E-state index contributed by atoms with van der Waals surface area (Å²) in [6.45, 7) is 0. The Hall–Kier alpha value is -2.23. The molecule has 0 N–H and O–H groups in total. The normalized spacial score (nSPS) is 11.1. The summed E-state index contributed by atoms with van der Waals surface area (Å²) >= 11 is 12.2. The number of furan rings is 1. The van der Waals surface area contributed by atoms with E-state index in [-0.39, 0.29) is 0 Å². The molecule has 0 amide bonds. The van der Waals surface area contributed by atoms with Crippen LogP contribution < -0.4 is 4.74 Å². The van der Waals surface area contributed by atoms with E-state index in [0.717, 1.165) is 17.0 Å². The molecule has 0 aliphatic heterocycles. The van der Waals surface area contributed by atoms with Gasteiger partial charge in [0.05, 0.1) is 29.1 Å². The van der Waals surface area contributed by atoms with E-state index in [1.54, 1.807) is 19.4 Å². The number of halogens is 2. The van der Waals surface area contributed by atoms with Crippen LogP contribution in [0.5, 0.6) is 5.75 Å². The van der Waals surface area contributed by atoms with Crippen molar-refractivity contribution in [1.29, 1.82) is 0 Å². The zero-order valence-corrected chi connectivity index (χ0v) is 13.8. The maximum atomic E-state index is 6.20. The van der Waals surface area contributed by atoms with Crippen molar-refractivity contribution in [3.8, 4) is 17.1 Å². The van der Waals surface area contributed by atoms with E-state index in [9.17, 15) is 0 Å². The Kier molecular flexibility index (Phi) is 4.70. The third-order valence-corrected chi connectivity index (χ3v) is 4.08. The number of nitrogens with zero attached hydrogens (tertiary/aromatic N) is 1. The second kappa shape index (κ2) is 6.90. The number of methoxy groups -OCH3 is 1. The fourth-order valence-corrected chi connectivity index (χ4v) is 2.46. The van der Waals surface area contributed by atoms with E-state index in [1.807, 2.05) is 48.5 Å². The third kappa shape index (κ3) is 3.58. The van der Waals surface area contributed by atoms with Crippen LogP contribution in [0.4, 0.5) is 5.69 Å². The lowest BCUT2D eigenvalue weighted by Gasteiger charge is -2.01. The van der Waals surface area contributed by atoms with Gasteiger partial charge in [-0.25, -0.2) is 0 Å². The van der Waals surface area contributed by atoms with Crippen molar-refractivity contribution >= 4 is 35.1 Å². The number of hydrogen-bond donors (Lipinski definition) is 0. The molecule has 0 atom stereocenters. The van der Waals surface area contributed by atoms with Crippen LogP contribution in [0.15, 0.2) is 64.0 Å². The molecule has 0 bridgehead atoms. The Morgan fingerprint density at radius 3 is 2.52 bits per heavy atom. The van der Waals surface area contributed by atoms with Crippen LogP contribution in [-0.4, -0.2) is 13.3 Å². The zero-order valence-electron chi connectivity index (χ0n) is 12.3. The SMILES string of the molecule is COc1ccc(N=Cc2ccc(-c3cccc(Cl)c3Cl)o2)cc1. The van der Waals surface area contributed by atoms with Gasteiger partial charge in [0.15, 0.2) is 0 Å². The first-order chi connectivity index (χ1) is 11.2. The molecule has 0 saturated heterocycles. The summed E-state index contributed by atoms with van der Waals surface area (Å²) in [6, 6.07) is 16.5. The van der Waals surface area contributed by atoms with Crippen LogP contribution in [0.3, 0.4) is 0 Å². The van der Waals surface area contributed by atoms with E-state index in [4.69, 9.17) is 32.4 Å². The Morgan fingerprint density at radius 1 is 1.00 bits per heavy atom. The van der Waals surface area contributed by atoms with E-state index >= 15 is 0 Å². The molecule has 1 aromatic heterocycles. The quantitative estimate of drug-likeness (QED) is 0.542. The predicted octanol–water partition coefficient (Wildman–Crippen LogP) is 6.01. The highest BCUT2D eigenvalue weighted by atomic mass is 35.5. The summed E-state index contributed by atoms with van der Waals surface area (Å²) in [5.74, 6) is 2.07. The predicted molar refractivity (Wildman–Crippen MR) is 94.4 cm³/mol. The van der Waals surface area contributed by atoms with Crippen molar-refractivity contribution in [2.75, 3.05) is 7.11 Å². The minimum atomic E-state index is 0.474. The van der Waals surface area contributed by atoms with Gasteiger partial charge in [-0.05, 0) is 48.5 Å². The molecule has 0 unspecified atom stereocenters. The lowest BCUT2D eigenvalue weighted by atomic mass is 10.2. The minimum Gasteiger partial charge on any atom is -0.497 e. The van der Waals surface area contributed by atoms with Crippen LogP contribution in [-0.2, 0) is 0 Å². The Balaban J connectivity index is 1.81. The summed E-state index contributed by atoms with van der Waals surface area (Å²) in [5, 5.41) is 0.969. The fraction of sp³-hybridized carbons (Fsp3) is 0.0556. The van der Waals surface area contributed by atoms with Gasteiger partial charge in [0.1, 0.15) is 17.3 Å². The fourth-order valence-electron chi connectivity index (χ4n) is 2.07. The summed E-state index contributed by atoms with van der Waals surface area (Å²) < 4.78 is 10.9. The first kappa shape index (κ1) is 15.7. The van der Waals surface area contributed by atoms with Crippen LogP contribution >= 0.6 is 23.2 Å². The second-order valence-electron chi connectivity index (χ2n) is 4.76. The molecule has 0 aliphatic carbocycles. The number of ether oxygens (including phenoxy) is 1. The van der Waals surface area contributed by atoms with Crippen molar-refractivity contribution in [2.24, 2.45) is 4.99 Å². The standard InChI is InChI=1S/C18H13Cl2NO2/c1-22-13-7-5-12(6-8-13)21-11-14-9-10-17(23-14)15-3-2-4-16(19)18(15)20/h2-11H,1H3. The van der Waals surface area contributed by atoms with E-state index < -0.39 is 0 Å². The number of rotatable bonds is 4. The van der Waals surface area contributed by atoms with Gasteiger partial charge in [-0.15, -0.1) is 0 Å². The highest BCUT2D eigenvalue weighted by molar-refractivity contribution is 6.43. The largest absolute Gasteiger partial charge is 0.497 e. The van der Waals surface area contributed by atoms with Gasteiger partial charge in [0.25, 0.3) is 0 Å². The molecule has 0 spiro atoms. The number of benzene rings is 2. The van der Waals surface area contributed by atoms with Crippen LogP contribution in [0.1, 0.15) is 5.76 Å². The Bertz CT molecular complexity index is 838. The highest BCUT2D eigenvalue weighted by Crippen LogP contribution is 2.34. The van der Waals surface area contributed by atoms with Crippen LogP contribution in [0, 0.1) is 0 Å². The lowest BCUT2D eigenvalue weighted by Crippen LogP contribution is -1.80. The van der Waals surface area contributed by atoms with Gasteiger partial charge in [-0.2, -0.15) is 0 Å². The number of hydrogen-bond acceptors (Lipinski definition) is 3. The van der Waals surface area contributed by atoms with Crippen LogP contribution in [0.2, 0.25) is 10.0 Å². The molecule has 3 rings (SSSR count). The molecule has 0 saturated carbocycles. The highest BCUT2D eigenvalue weighted by Gasteiger charge is 2.10. The molecule has 23 heavy (non-hydrogen) atoms. The zero-order chi connectivity index (χ0) is 16.2. The van der Waals surface area contributed by atoms with E-state index in [2.05, 4.69) is 4.99 Å². The maximum absolute atomic E-state index is 6.20. The molecule has 5 heteroatoms. The van der Waals surface area contributed by atoms with Gasteiger partial charge in [-0.3, -0.25) is 4.99 Å². The molecule has 0 fully saturated rings. The topological polar surface area (TPSA) is 34.7 Å². The van der Waals surface area contributed by atoms with Crippen molar-refractivity contribution < 1.29 is 9.15 Å². The second-order valence-corrected chi connectivity index (χ2v) is 5.54. The lowest BCUT2D eigenvalue weighted by molar-refractivity contribution is 0.415. The molecule has 3 aromatic rings. The van der Waals surface area contributed by atoms with Gasteiger partial charge in [0, 0.05) is 5.56 Å². The maximum Gasteiger partial charge on any atom is 0.145 e. The van der Waals surface area contributed by atoms with Crippen molar-refractivity contribution in [2.45, 2.75) is 0 Å². The van der Waals surface area contributed by atoms with Gasteiger partial charge in [0.2, 0.25) is 0 Å². The first-order valence-corrected chi connectivity index (χ1v) is 7.65. The van der Waals surface area contributed by atoms with Crippen molar-refractivity contribution in [3.05, 3.63) is 70.4 Å². The summed E-state index contributed by atoms with van der Waals surface area (Å²) in [5.41, 5.74) is 1.56.